The molecule has 1 saturated heterocycles. The molecule has 0 spiro atoms. The molecule has 21 heavy (non-hydrogen) atoms. The first kappa shape index (κ1) is 16.5. The number of halogens is 2. The average molecular weight is 351 g/mol. The number of sulfonamides is 1. The number of nitrogens with two attached hydrogens (primary N) is 1. The van der Waals surface area contributed by atoms with Crippen molar-refractivity contribution in [2.45, 2.75) is 24.7 Å². The quantitative estimate of drug-likeness (QED) is 0.909. The molecule has 1 aliphatic rings. The van der Waals surface area contributed by atoms with Crippen LogP contribution in [0.4, 0.5) is 0 Å². The van der Waals surface area contributed by atoms with E-state index in [2.05, 4.69) is 6.92 Å². The highest BCUT2D eigenvalue weighted by atomic mass is 35.5. The van der Waals surface area contributed by atoms with E-state index in [1.165, 1.54) is 6.07 Å². The third-order valence-corrected chi connectivity index (χ3v) is 5.40. The molecule has 1 heterocycles. The lowest BCUT2D eigenvalue weighted by Gasteiger charge is -2.18. The molecule has 1 fully saturated rings. The normalized spacial score (nSPS) is 19.0. The topological polar surface area (TPSA) is 80.5 Å². The second-order valence-corrected chi connectivity index (χ2v) is 7.47. The summed E-state index contributed by atoms with van der Waals surface area (Å²) < 4.78 is 23.0. The molecule has 1 aliphatic heterocycles. The molecule has 2 rings (SSSR count). The van der Waals surface area contributed by atoms with Gasteiger partial charge in [-0.2, -0.15) is 0 Å². The molecule has 0 bridgehead atoms. The molecule has 5 nitrogen and oxygen atoms in total. The Labute approximate surface area is 134 Å². The molecule has 1 amide bonds. The van der Waals surface area contributed by atoms with Crippen LogP contribution in [0.3, 0.4) is 0 Å². The molecule has 8 heteroatoms. The van der Waals surface area contributed by atoms with Crippen molar-refractivity contribution in [3.05, 3.63) is 27.7 Å². The Morgan fingerprint density at radius 2 is 2.05 bits per heavy atom. The van der Waals surface area contributed by atoms with E-state index in [9.17, 15) is 13.2 Å². The Morgan fingerprint density at radius 3 is 2.57 bits per heavy atom. The zero-order valence-electron chi connectivity index (χ0n) is 11.5. The van der Waals surface area contributed by atoms with Crippen LogP contribution in [0.5, 0.6) is 0 Å². The first-order chi connectivity index (χ1) is 9.74. The fourth-order valence-corrected chi connectivity index (χ4v) is 3.83. The van der Waals surface area contributed by atoms with Crippen molar-refractivity contribution < 1.29 is 13.2 Å². The highest BCUT2D eigenvalue weighted by Crippen LogP contribution is 2.30. The minimum Gasteiger partial charge on any atom is -0.338 e. The van der Waals surface area contributed by atoms with E-state index in [0.717, 1.165) is 18.9 Å². The van der Waals surface area contributed by atoms with E-state index >= 15 is 0 Å². The van der Waals surface area contributed by atoms with Crippen LogP contribution in [0.15, 0.2) is 17.0 Å². The predicted octanol–water partition coefficient (Wildman–Crippen LogP) is 2.51. The summed E-state index contributed by atoms with van der Waals surface area (Å²) in [5.74, 6) is 0.176. The van der Waals surface area contributed by atoms with Crippen LogP contribution in [0.1, 0.15) is 30.1 Å². The Kier molecular flexibility index (Phi) is 4.82. The van der Waals surface area contributed by atoms with Crippen LogP contribution < -0.4 is 5.14 Å². The largest absolute Gasteiger partial charge is 0.338 e. The summed E-state index contributed by atoms with van der Waals surface area (Å²) in [5.41, 5.74) is 0.113. The summed E-state index contributed by atoms with van der Waals surface area (Å²) in [5, 5.41) is 5.13. The van der Waals surface area contributed by atoms with Crippen LogP contribution in [-0.4, -0.2) is 32.3 Å². The molecular formula is C13H16Cl2N2O3S. The van der Waals surface area contributed by atoms with E-state index in [-0.39, 0.29) is 26.4 Å². The zero-order chi connectivity index (χ0) is 15.8. The van der Waals surface area contributed by atoms with Crippen molar-refractivity contribution in [2.24, 2.45) is 11.1 Å². The standard InChI is InChI=1S/C13H16Cl2N2O3S/c1-2-8-3-4-17(7-8)13(18)9-5-12(21(16,19)20)11(15)6-10(9)14/h5-6,8H,2-4,7H2,1H3,(H2,16,19,20). The maximum atomic E-state index is 12.5. The van der Waals surface area contributed by atoms with Crippen molar-refractivity contribution >= 4 is 39.1 Å². The zero-order valence-corrected chi connectivity index (χ0v) is 13.8. The molecule has 0 radical (unpaired) electrons. The highest BCUT2D eigenvalue weighted by Gasteiger charge is 2.28. The maximum absolute atomic E-state index is 12.5. The van der Waals surface area contributed by atoms with Crippen molar-refractivity contribution in [1.29, 1.82) is 0 Å². The number of amides is 1. The van der Waals surface area contributed by atoms with Gasteiger partial charge in [0.1, 0.15) is 4.90 Å². The van der Waals surface area contributed by atoms with Gasteiger partial charge in [-0.15, -0.1) is 0 Å². The van der Waals surface area contributed by atoms with E-state index in [1.807, 2.05) is 0 Å². The predicted molar refractivity (Wildman–Crippen MR) is 82.1 cm³/mol. The SMILES string of the molecule is CCC1CCN(C(=O)c2cc(S(N)(=O)=O)c(Cl)cc2Cl)C1. The number of hydrogen-bond acceptors (Lipinski definition) is 3. The summed E-state index contributed by atoms with van der Waals surface area (Å²) in [6.07, 6.45) is 1.94. The average Bonchev–Trinajstić information content (AvgIpc) is 2.85. The van der Waals surface area contributed by atoms with Gasteiger partial charge in [-0.3, -0.25) is 4.79 Å². The Hall–Kier alpha value is -0.820. The summed E-state index contributed by atoms with van der Waals surface area (Å²) in [6, 6.07) is 2.39. The molecular weight excluding hydrogens is 335 g/mol. The van der Waals surface area contributed by atoms with Crippen LogP contribution in [-0.2, 0) is 10.0 Å². The minimum absolute atomic E-state index is 0.0908. The van der Waals surface area contributed by atoms with Gasteiger partial charge in [0.2, 0.25) is 10.0 Å². The molecule has 1 aromatic carbocycles. The number of hydrogen-bond donors (Lipinski definition) is 1. The molecule has 0 aromatic heterocycles. The van der Waals surface area contributed by atoms with E-state index in [0.29, 0.717) is 19.0 Å². The molecule has 1 unspecified atom stereocenters. The summed E-state index contributed by atoms with van der Waals surface area (Å²) in [7, 11) is -4.01. The van der Waals surface area contributed by atoms with Gasteiger partial charge in [-0.1, -0.05) is 36.5 Å². The molecule has 2 N–H and O–H groups in total. The number of carbonyl (C=O) groups excluding carboxylic acids is 1. The van der Waals surface area contributed by atoms with Crippen molar-refractivity contribution in [3.63, 3.8) is 0 Å². The van der Waals surface area contributed by atoms with Gasteiger partial charge in [0.05, 0.1) is 15.6 Å². The minimum atomic E-state index is -4.01. The lowest BCUT2D eigenvalue weighted by Crippen LogP contribution is -2.29. The number of primary sulfonamides is 1. The van der Waals surface area contributed by atoms with Crippen LogP contribution in [0, 0.1) is 5.92 Å². The summed E-state index contributed by atoms with van der Waals surface area (Å²) in [4.78, 5) is 13.9. The van der Waals surface area contributed by atoms with E-state index in [4.69, 9.17) is 28.3 Å². The van der Waals surface area contributed by atoms with Crippen molar-refractivity contribution in [2.75, 3.05) is 13.1 Å². The Morgan fingerprint density at radius 1 is 1.38 bits per heavy atom. The smallest absolute Gasteiger partial charge is 0.255 e. The van der Waals surface area contributed by atoms with Crippen LogP contribution >= 0.6 is 23.2 Å². The lowest BCUT2D eigenvalue weighted by molar-refractivity contribution is 0.0787. The monoisotopic (exact) mass is 350 g/mol. The van der Waals surface area contributed by atoms with Crippen LogP contribution in [0.2, 0.25) is 10.0 Å². The fraction of sp³-hybridized carbons (Fsp3) is 0.462. The van der Waals surface area contributed by atoms with Crippen molar-refractivity contribution in [1.82, 2.24) is 4.90 Å². The van der Waals surface area contributed by atoms with Crippen molar-refractivity contribution in [3.8, 4) is 0 Å². The maximum Gasteiger partial charge on any atom is 0.255 e. The van der Waals surface area contributed by atoms with Gasteiger partial charge in [0.25, 0.3) is 5.91 Å². The van der Waals surface area contributed by atoms with Gasteiger partial charge >= 0.3 is 0 Å². The van der Waals surface area contributed by atoms with E-state index in [1.54, 1.807) is 4.90 Å². The van der Waals surface area contributed by atoms with Gasteiger partial charge in [0.15, 0.2) is 0 Å². The number of rotatable bonds is 3. The summed E-state index contributed by atoms with van der Waals surface area (Å²) in [6.45, 7) is 3.37. The molecule has 1 aromatic rings. The van der Waals surface area contributed by atoms with Gasteiger partial charge < -0.3 is 4.90 Å². The number of nitrogens with zero attached hydrogens (tertiary/aromatic N) is 1. The Bertz CT molecular complexity index is 676. The molecule has 0 saturated carbocycles. The van der Waals surface area contributed by atoms with E-state index < -0.39 is 10.0 Å². The van der Waals surface area contributed by atoms with Crippen LogP contribution in [0.25, 0.3) is 0 Å². The second-order valence-electron chi connectivity index (χ2n) is 5.12. The third kappa shape index (κ3) is 3.51. The molecule has 1 atom stereocenters. The lowest BCUT2D eigenvalue weighted by atomic mass is 10.1. The third-order valence-electron chi connectivity index (χ3n) is 3.71. The number of carbonyl (C=O) groups is 1. The van der Waals surface area contributed by atoms with Gasteiger partial charge in [0, 0.05) is 13.1 Å². The second kappa shape index (κ2) is 6.12. The van der Waals surface area contributed by atoms with Gasteiger partial charge in [-0.25, -0.2) is 13.6 Å². The number of benzene rings is 1. The molecule has 0 aliphatic carbocycles. The molecule has 116 valence electrons. The summed E-state index contributed by atoms with van der Waals surface area (Å²) >= 11 is 11.9. The number of likely N-dealkylation sites (tertiary alicyclic amines) is 1. The first-order valence-corrected chi connectivity index (χ1v) is 8.85. The first-order valence-electron chi connectivity index (χ1n) is 6.55. The Balaban J connectivity index is 2.38. The fourth-order valence-electron chi connectivity index (χ4n) is 2.43. The highest BCUT2D eigenvalue weighted by molar-refractivity contribution is 7.89. The van der Waals surface area contributed by atoms with Gasteiger partial charge in [-0.05, 0) is 24.5 Å².